The van der Waals surface area contributed by atoms with Gasteiger partial charge < -0.3 is 9.80 Å². The molecule has 1 N–H and O–H groups in total. The minimum Gasteiger partial charge on any atom is -0.339 e. The Hall–Kier alpha value is -1.73. The molecule has 3 rings (SSSR count). The molecule has 0 radical (unpaired) electrons. The second-order valence-corrected chi connectivity index (χ2v) is 6.83. The van der Waals surface area contributed by atoms with Crippen molar-refractivity contribution in [3.05, 3.63) is 35.4 Å². The number of nitrogens with one attached hydrogen (secondary N) is 1. The van der Waals surface area contributed by atoms with Crippen LogP contribution in [0.5, 0.6) is 0 Å². The van der Waals surface area contributed by atoms with Gasteiger partial charge in [0.15, 0.2) is 0 Å². The van der Waals surface area contributed by atoms with Gasteiger partial charge in [0.2, 0.25) is 5.91 Å². The number of aryl methyl sites for hydroxylation is 1. The van der Waals surface area contributed by atoms with Crippen molar-refractivity contribution in [1.29, 1.82) is 0 Å². The van der Waals surface area contributed by atoms with Gasteiger partial charge >= 0.3 is 0 Å². The van der Waals surface area contributed by atoms with Gasteiger partial charge in [-0.25, -0.2) is 8.78 Å². The Bertz CT molecular complexity index is 672. The third-order valence-electron chi connectivity index (χ3n) is 4.77. The number of hydrogen-bond donors (Lipinski definition) is 1. The number of carbonyl (C=O) groups is 2. The van der Waals surface area contributed by atoms with Crippen molar-refractivity contribution in [2.75, 3.05) is 32.7 Å². The Morgan fingerprint density at radius 3 is 2.50 bits per heavy atom. The first kappa shape index (κ1) is 20.6. The molecule has 1 aromatic carbocycles. The van der Waals surface area contributed by atoms with E-state index >= 15 is 0 Å². The number of carbonyl (C=O) groups excluding carboxylic acids is 2. The van der Waals surface area contributed by atoms with Crippen molar-refractivity contribution in [2.45, 2.75) is 31.7 Å². The Balaban J connectivity index is 0.00000243. The molecule has 8 heteroatoms. The van der Waals surface area contributed by atoms with Crippen molar-refractivity contribution >= 4 is 24.2 Å². The highest BCUT2D eigenvalue weighted by atomic mass is 35.5. The van der Waals surface area contributed by atoms with Gasteiger partial charge in [0.05, 0.1) is 12.6 Å². The zero-order valence-corrected chi connectivity index (χ0v) is 15.5. The lowest BCUT2D eigenvalue weighted by molar-refractivity contribution is -0.133. The molecule has 1 unspecified atom stereocenters. The van der Waals surface area contributed by atoms with Crippen LogP contribution in [-0.4, -0.2) is 66.3 Å². The third-order valence-corrected chi connectivity index (χ3v) is 4.77. The van der Waals surface area contributed by atoms with E-state index in [1.807, 2.05) is 25.1 Å². The summed E-state index contributed by atoms with van der Waals surface area (Å²) < 4.78 is 26.6. The number of hydrogen-bond acceptors (Lipinski definition) is 3. The van der Waals surface area contributed by atoms with Crippen LogP contribution >= 0.6 is 12.4 Å². The van der Waals surface area contributed by atoms with Gasteiger partial charge in [-0.05, 0) is 25.5 Å². The fourth-order valence-electron chi connectivity index (χ4n) is 3.41. The maximum atomic E-state index is 13.3. The summed E-state index contributed by atoms with van der Waals surface area (Å²) in [6.45, 7) is 3.33. The number of rotatable bonds is 2. The normalized spacial score (nSPS) is 22.5. The zero-order valence-electron chi connectivity index (χ0n) is 14.7. The molecule has 0 spiro atoms. The number of amides is 2. The fraction of sp³-hybridized carbons (Fsp3) is 0.556. The molecule has 0 bridgehead atoms. The Labute approximate surface area is 158 Å². The SMILES string of the molecule is Cc1cccc(C(=O)N2CCCN(C(=O)C3CC(F)(F)CN3)CC2)c1.Cl. The predicted molar refractivity (Wildman–Crippen MR) is 96.9 cm³/mol. The summed E-state index contributed by atoms with van der Waals surface area (Å²) in [6, 6.07) is 6.59. The minimum atomic E-state index is -2.82. The fourth-order valence-corrected chi connectivity index (χ4v) is 3.41. The standard InChI is InChI=1S/C18H23F2N3O2.ClH/c1-13-4-2-5-14(10-13)16(24)22-6-3-7-23(9-8-22)17(25)15-11-18(19,20)12-21-15;/h2,4-5,10,15,21H,3,6-9,11-12H2,1H3;1H. The zero-order chi connectivity index (χ0) is 18.0. The highest BCUT2D eigenvalue weighted by Crippen LogP contribution is 2.26. The minimum absolute atomic E-state index is 0. The summed E-state index contributed by atoms with van der Waals surface area (Å²) in [7, 11) is 0. The van der Waals surface area contributed by atoms with Crippen molar-refractivity contribution in [3.63, 3.8) is 0 Å². The maximum Gasteiger partial charge on any atom is 0.262 e. The van der Waals surface area contributed by atoms with Gasteiger partial charge in [-0.1, -0.05) is 17.7 Å². The van der Waals surface area contributed by atoms with E-state index in [9.17, 15) is 18.4 Å². The number of alkyl halides is 2. The average molecular weight is 388 g/mol. The van der Waals surface area contributed by atoms with Gasteiger partial charge in [0.1, 0.15) is 0 Å². The molecule has 2 heterocycles. The van der Waals surface area contributed by atoms with E-state index < -0.39 is 24.9 Å². The highest BCUT2D eigenvalue weighted by Gasteiger charge is 2.43. The lowest BCUT2D eigenvalue weighted by Crippen LogP contribution is -2.45. The molecular weight excluding hydrogens is 364 g/mol. The Morgan fingerprint density at radius 2 is 1.85 bits per heavy atom. The van der Waals surface area contributed by atoms with Crippen molar-refractivity contribution in [3.8, 4) is 0 Å². The van der Waals surface area contributed by atoms with Gasteiger partial charge in [0, 0.05) is 38.2 Å². The predicted octanol–water partition coefficient (Wildman–Crippen LogP) is 2.09. The second kappa shape index (κ2) is 8.31. The van der Waals surface area contributed by atoms with Crippen molar-refractivity contribution in [2.24, 2.45) is 0 Å². The van der Waals surface area contributed by atoms with Gasteiger partial charge in [-0.15, -0.1) is 12.4 Å². The molecule has 2 aliphatic rings. The first-order valence-electron chi connectivity index (χ1n) is 8.62. The lowest BCUT2D eigenvalue weighted by Gasteiger charge is -2.24. The van der Waals surface area contributed by atoms with Gasteiger partial charge in [-0.2, -0.15) is 0 Å². The summed E-state index contributed by atoms with van der Waals surface area (Å²) in [4.78, 5) is 28.4. The largest absolute Gasteiger partial charge is 0.339 e. The maximum absolute atomic E-state index is 13.3. The van der Waals surface area contributed by atoms with E-state index in [0.29, 0.717) is 38.2 Å². The van der Waals surface area contributed by atoms with E-state index in [1.54, 1.807) is 15.9 Å². The molecule has 5 nitrogen and oxygen atoms in total. The molecule has 1 aromatic rings. The summed E-state index contributed by atoms with van der Waals surface area (Å²) in [5, 5.41) is 2.61. The Kier molecular flexibility index (Phi) is 6.58. The molecule has 2 fully saturated rings. The Morgan fingerprint density at radius 1 is 1.15 bits per heavy atom. The summed E-state index contributed by atoms with van der Waals surface area (Å²) in [5.41, 5.74) is 1.66. The van der Waals surface area contributed by atoms with Crippen LogP contribution in [0.25, 0.3) is 0 Å². The molecule has 1 atom stereocenters. The monoisotopic (exact) mass is 387 g/mol. The van der Waals surface area contributed by atoms with Crippen LogP contribution in [0.1, 0.15) is 28.8 Å². The number of halogens is 3. The topological polar surface area (TPSA) is 52.7 Å². The first-order valence-corrected chi connectivity index (χ1v) is 8.62. The van der Waals surface area contributed by atoms with E-state index in [2.05, 4.69) is 5.32 Å². The molecule has 0 saturated carbocycles. The van der Waals surface area contributed by atoms with E-state index in [4.69, 9.17) is 0 Å². The van der Waals surface area contributed by atoms with Gasteiger partial charge in [0.25, 0.3) is 11.8 Å². The molecule has 0 aromatic heterocycles. The average Bonchev–Trinajstić information content (AvgIpc) is 2.80. The summed E-state index contributed by atoms with van der Waals surface area (Å²) >= 11 is 0. The molecule has 2 aliphatic heterocycles. The van der Waals surface area contributed by atoms with Crippen LogP contribution in [0.2, 0.25) is 0 Å². The molecule has 2 saturated heterocycles. The van der Waals surface area contributed by atoms with Crippen LogP contribution in [0.4, 0.5) is 8.78 Å². The second-order valence-electron chi connectivity index (χ2n) is 6.83. The molecule has 0 aliphatic carbocycles. The molecule has 26 heavy (non-hydrogen) atoms. The molecule has 2 amide bonds. The molecular formula is C18H24ClF2N3O2. The smallest absolute Gasteiger partial charge is 0.262 e. The summed E-state index contributed by atoms with van der Waals surface area (Å²) in [5.74, 6) is -3.16. The van der Waals surface area contributed by atoms with Gasteiger partial charge in [-0.3, -0.25) is 14.9 Å². The van der Waals surface area contributed by atoms with E-state index in [0.717, 1.165) is 5.56 Å². The van der Waals surface area contributed by atoms with Crippen LogP contribution < -0.4 is 5.32 Å². The van der Waals surface area contributed by atoms with Crippen LogP contribution in [0, 0.1) is 6.92 Å². The van der Waals surface area contributed by atoms with Crippen LogP contribution in [0.15, 0.2) is 24.3 Å². The van der Waals surface area contributed by atoms with Crippen molar-refractivity contribution in [1.82, 2.24) is 15.1 Å². The first-order chi connectivity index (χ1) is 11.9. The molecule has 144 valence electrons. The van der Waals surface area contributed by atoms with Crippen molar-refractivity contribution < 1.29 is 18.4 Å². The lowest BCUT2D eigenvalue weighted by atomic mass is 10.1. The highest BCUT2D eigenvalue weighted by molar-refractivity contribution is 5.94. The number of nitrogens with zero attached hydrogens (tertiary/aromatic N) is 2. The van der Waals surface area contributed by atoms with Crippen LogP contribution in [0.3, 0.4) is 0 Å². The third kappa shape index (κ3) is 4.71. The van der Waals surface area contributed by atoms with Crippen LogP contribution in [-0.2, 0) is 4.79 Å². The quantitative estimate of drug-likeness (QED) is 0.845. The van der Waals surface area contributed by atoms with E-state index in [1.165, 1.54) is 0 Å². The summed E-state index contributed by atoms with van der Waals surface area (Å²) in [6.07, 6.45) is 0.195. The van der Waals surface area contributed by atoms with E-state index in [-0.39, 0.29) is 24.2 Å². The number of benzene rings is 1.